The zero-order chi connectivity index (χ0) is 13.1. The number of carbonyl (C=O) groups excluding carboxylic acids is 1. The molecule has 0 atom stereocenters. The molecule has 0 fully saturated rings. The number of anilines is 1. The Morgan fingerprint density at radius 3 is 2.61 bits per heavy atom. The van der Waals surface area contributed by atoms with E-state index in [2.05, 4.69) is 21.2 Å². The van der Waals surface area contributed by atoms with Gasteiger partial charge in [-0.15, -0.1) is 0 Å². The second-order valence-corrected chi connectivity index (χ2v) is 4.74. The third kappa shape index (κ3) is 2.71. The lowest BCUT2D eigenvalue weighted by molar-refractivity contribution is 0.102. The van der Waals surface area contributed by atoms with Gasteiger partial charge in [0, 0.05) is 0 Å². The summed E-state index contributed by atoms with van der Waals surface area (Å²) in [4.78, 5) is 11.9. The van der Waals surface area contributed by atoms with E-state index in [0.717, 1.165) is 0 Å². The molecule has 0 aliphatic rings. The average molecular weight is 329 g/mol. The highest BCUT2D eigenvalue weighted by atomic mass is 79.9. The van der Waals surface area contributed by atoms with Gasteiger partial charge in [-0.1, -0.05) is 29.8 Å². The van der Waals surface area contributed by atoms with Crippen molar-refractivity contribution in [1.29, 1.82) is 0 Å². The minimum Gasteiger partial charge on any atom is -0.321 e. The Bertz CT molecular complexity index is 603. The Morgan fingerprint density at radius 2 is 1.89 bits per heavy atom. The summed E-state index contributed by atoms with van der Waals surface area (Å²) < 4.78 is 14.0. The normalized spacial score (nSPS) is 10.2. The molecule has 0 aliphatic carbocycles. The fourth-order valence-corrected chi connectivity index (χ4v) is 1.97. The molecule has 2 aromatic carbocycles. The van der Waals surface area contributed by atoms with Gasteiger partial charge in [0.25, 0.3) is 5.91 Å². The highest BCUT2D eigenvalue weighted by molar-refractivity contribution is 9.10. The van der Waals surface area contributed by atoms with Crippen LogP contribution in [0.4, 0.5) is 10.1 Å². The molecule has 2 rings (SSSR count). The van der Waals surface area contributed by atoms with Crippen LogP contribution >= 0.6 is 27.5 Å². The van der Waals surface area contributed by atoms with Crippen LogP contribution in [0, 0.1) is 5.82 Å². The van der Waals surface area contributed by atoms with Crippen LogP contribution in [0.1, 0.15) is 10.4 Å². The smallest absolute Gasteiger partial charge is 0.258 e. The van der Waals surface area contributed by atoms with E-state index in [4.69, 9.17) is 11.6 Å². The predicted octanol–water partition coefficient (Wildman–Crippen LogP) is 4.49. The first kappa shape index (κ1) is 13.1. The number of rotatable bonds is 2. The largest absolute Gasteiger partial charge is 0.321 e. The molecular formula is C13H8BrClFNO. The van der Waals surface area contributed by atoms with Gasteiger partial charge in [-0.25, -0.2) is 4.39 Å². The van der Waals surface area contributed by atoms with Crippen molar-refractivity contribution in [3.05, 3.63) is 63.3 Å². The maximum atomic E-state index is 13.4. The zero-order valence-electron chi connectivity index (χ0n) is 9.08. The maximum absolute atomic E-state index is 13.4. The summed E-state index contributed by atoms with van der Waals surface area (Å²) in [7, 11) is 0. The third-order valence-electron chi connectivity index (χ3n) is 2.32. The number of hydrogen-bond donors (Lipinski definition) is 1. The maximum Gasteiger partial charge on any atom is 0.258 e. The van der Waals surface area contributed by atoms with Crippen LogP contribution in [0.3, 0.4) is 0 Å². The van der Waals surface area contributed by atoms with Crippen molar-refractivity contribution >= 4 is 39.1 Å². The van der Waals surface area contributed by atoms with Gasteiger partial charge in [0.05, 0.1) is 20.7 Å². The van der Waals surface area contributed by atoms with E-state index in [1.165, 1.54) is 18.2 Å². The lowest BCUT2D eigenvalue weighted by Crippen LogP contribution is -2.14. The molecule has 0 aliphatic heterocycles. The number of halogens is 3. The molecule has 0 saturated carbocycles. The van der Waals surface area contributed by atoms with Gasteiger partial charge in [0.2, 0.25) is 0 Å². The summed E-state index contributed by atoms with van der Waals surface area (Å²) >= 11 is 9.16. The van der Waals surface area contributed by atoms with Gasteiger partial charge >= 0.3 is 0 Å². The molecule has 0 unspecified atom stereocenters. The van der Waals surface area contributed by atoms with Gasteiger partial charge in [0.15, 0.2) is 0 Å². The molecule has 0 saturated heterocycles. The molecule has 5 heteroatoms. The molecule has 1 N–H and O–H groups in total. The predicted molar refractivity (Wildman–Crippen MR) is 73.5 cm³/mol. The molecule has 0 aromatic heterocycles. The van der Waals surface area contributed by atoms with Crippen molar-refractivity contribution < 1.29 is 9.18 Å². The molecule has 18 heavy (non-hydrogen) atoms. The van der Waals surface area contributed by atoms with Crippen molar-refractivity contribution in [1.82, 2.24) is 0 Å². The second kappa shape index (κ2) is 5.50. The van der Waals surface area contributed by atoms with Crippen molar-refractivity contribution in [2.75, 3.05) is 5.32 Å². The molecule has 92 valence electrons. The van der Waals surface area contributed by atoms with Crippen molar-refractivity contribution in [2.45, 2.75) is 0 Å². The zero-order valence-corrected chi connectivity index (χ0v) is 11.4. The average Bonchev–Trinajstić information content (AvgIpc) is 2.35. The molecule has 2 aromatic rings. The third-order valence-corrected chi connectivity index (χ3v) is 3.72. The lowest BCUT2D eigenvalue weighted by atomic mass is 10.2. The number of hydrogen-bond acceptors (Lipinski definition) is 1. The quantitative estimate of drug-likeness (QED) is 0.864. The first-order valence-electron chi connectivity index (χ1n) is 5.09. The molecule has 1 amide bonds. The topological polar surface area (TPSA) is 29.1 Å². The van der Waals surface area contributed by atoms with E-state index in [9.17, 15) is 9.18 Å². The number of amides is 1. The molecule has 2 nitrogen and oxygen atoms in total. The molecule has 0 bridgehead atoms. The second-order valence-electron chi connectivity index (χ2n) is 3.54. The van der Waals surface area contributed by atoms with E-state index in [1.54, 1.807) is 24.3 Å². The van der Waals surface area contributed by atoms with Crippen LogP contribution in [0.15, 0.2) is 46.9 Å². The van der Waals surface area contributed by atoms with Gasteiger partial charge in [0.1, 0.15) is 5.82 Å². The summed E-state index contributed by atoms with van der Waals surface area (Å²) in [5.74, 6) is -1.08. The SMILES string of the molecule is O=C(Nc1cccc(Cl)c1Br)c1ccccc1F. The fourth-order valence-electron chi connectivity index (χ4n) is 1.44. The van der Waals surface area contributed by atoms with Crippen LogP contribution in [-0.4, -0.2) is 5.91 Å². The Hall–Kier alpha value is -1.39. The van der Waals surface area contributed by atoms with Crippen LogP contribution in [0.25, 0.3) is 0 Å². The number of carbonyl (C=O) groups is 1. The summed E-state index contributed by atoms with van der Waals surface area (Å²) in [5.41, 5.74) is 0.486. The van der Waals surface area contributed by atoms with Crippen molar-refractivity contribution in [3.63, 3.8) is 0 Å². The van der Waals surface area contributed by atoms with E-state index in [0.29, 0.717) is 15.2 Å². The summed E-state index contributed by atoms with van der Waals surface area (Å²) in [6.45, 7) is 0. The molecular weight excluding hydrogens is 321 g/mol. The van der Waals surface area contributed by atoms with Crippen molar-refractivity contribution in [2.24, 2.45) is 0 Å². The van der Waals surface area contributed by atoms with Crippen molar-refractivity contribution in [3.8, 4) is 0 Å². The van der Waals surface area contributed by atoms with Crippen LogP contribution in [0.2, 0.25) is 5.02 Å². The highest BCUT2D eigenvalue weighted by Gasteiger charge is 2.13. The molecule has 0 spiro atoms. The Kier molecular flexibility index (Phi) is 3.99. The van der Waals surface area contributed by atoms with Gasteiger partial charge < -0.3 is 5.32 Å². The molecule has 0 radical (unpaired) electrons. The monoisotopic (exact) mass is 327 g/mol. The minimum absolute atomic E-state index is 0.00984. The van der Waals surface area contributed by atoms with Crippen LogP contribution < -0.4 is 5.32 Å². The summed E-state index contributed by atoms with van der Waals surface area (Å²) in [6, 6.07) is 10.8. The Morgan fingerprint density at radius 1 is 1.17 bits per heavy atom. The van der Waals surface area contributed by atoms with Crippen LogP contribution in [0.5, 0.6) is 0 Å². The van der Waals surface area contributed by atoms with Gasteiger partial charge in [-0.2, -0.15) is 0 Å². The highest BCUT2D eigenvalue weighted by Crippen LogP contribution is 2.30. The Labute approximate surface area is 117 Å². The fraction of sp³-hybridized carbons (Fsp3) is 0. The van der Waals surface area contributed by atoms with E-state index in [-0.39, 0.29) is 5.56 Å². The molecule has 0 heterocycles. The number of nitrogens with one attached hydrogen (secondary N) is 1. The van der Waals surface area contributed by atoms with E-state index in [1.807, 2.05) is 0 Å². The van der Waals surface area contributed by atoms with Crippen LogP contribution in [-0.2, 0) is 0 Å². The van der Waals surface area contributed by atoms with Gasteiger partial charge in [-0.05, 0) is 40.2 Å². The van der Waals surface area contributed by atoms with E-state index >= 15 is 0 Å². The number of benzene rings is 2. The first-order valence-corrected chi connectivity index (χ1v) is 6.26. The Balaban J connectivity index is 2.27. The van der Waals surface area contributed by atoms with E-state index < -0.39 is 11.7 Å². The first-order chi connectivity index (χ1) is 8.59. The summed E-state index contributed by atoms with van der Waals surface area (Å²) in [6.07, 6.45) is 0. The summed E-state index contributed by atoms with van der Waals surface area (Å²) in [5, 5.41) is 3.07. The lowest BCUT2D eigenvalue weighted by Gasteiger charge is -2.08. The van der Waals surface area contributed by atoms with Gasteiger partial charge in [-0.3, -0.25) is 4.79 Å². The standard InChI is InChI=1S/C13H8BrClFNO/c14-12-9(15)5-3-7-11(12)17-13(18)8-4-1-2-6-10(8)16/h1-7H,(H,17,18). The minimum atomic E-state index is -0.562.